The Bertz CT molecular complexity index is 3190. The first-order valence-electron chi connectivity index (χ1n) is 39.4. The molecule has 0 bridgehead atoms. The van der Waals surface area contributed by atoms with Crippen LogP contribution in [-0.4, -0.2) is 343 Å². The van der Waals surface area contributed by atoms with Gasteiger partial charge in [-0.25, -0.2) is 19.0 Å². The number of nitro groups is 2. The molecule has 1 aliphatic carbocycles. The van der Waals surface area contributed by atoms with Gasteiger partial charge >= 0.3 is 23.8 Å². The third-order valence-corrected chi connectivity index (χ3v) is 20.5. The fourth-order valence-electron chi connectivity index (χ4n) is 14.9. The van der Waals surface area contributed by atoms with Crippen molar-refractivity contribution in [2.24, 2.45) is 0 Å². The second-order valence-electron chi connectivity index (χ2n) is 32.6. The molecule has 0 aromatic carbocycles. The standard InChI is InChI=1S/C15H22N4O4.C15H24N4O2.C15H28N2O4.C11H19NO3.C11H21NO2.C5H3FN2O2.C4H9NO/c20-15(11-17-6-8-23-9-7-17)4-1-5-18(12-15)13-2-3-14(16-10-13)19(21)22;16-14-3-2-13(10-17-14)19-5-1-4-15(20,12-19)11-18-6-8-21-9-7-18;1-14(2,3)21-13(18)17-6-4-5-15(19,12-17)11-16-7-9-20-10-8-16;1-10(2,3)15-9(13)12-6-4-5-11(7-12)8-14-11;13-11(4-2-1-3-5-11)10-12-6-8-14-9-7-12;6-4-1-2-5(7-3-4)8(9)10;1-3-6-4-2-5-1/h2-3,10,20H,1,4-9,11-12H2;2-3,10,20H,1,4-9,11-12H2,(H2,16,17);19H,4-12H2,1-3H3;4-8H2,1-3H3;13H,1-10H2;1-3H;5H,1-4H2. The fraction of sp³-hybridized carbons (Fsp3) is 0.776. The number of nitrogens with two attached hydrogens (primary N) is 1. The highest BCUT2D eigenvalue weighted by Crippen LogP contribution is 2.37. The molecule has 34 heteroatoms. The molecule has 11 fully saturated rings. The summed E-state index contributed by atoms with van der Waals surface area (Å²) in [6, 6.07) is 8.89. The zero-order valence-electron chi connectivity index (χ0n) is 66.0. The van der Waals surface area contributed by atoms with Crippen LogP contribution in [-0.2, 0) is 37.9 Å². The average Bonchev–Trinajstić information content (AvgIpc) is 1.62. The van der Waals surface area contributed by atoms with Crippen LogP contribution in [0.15, 0.2) is 55.0 Å². The van der Waals surface area contributed by atoms with Gasteiger partial charge in [-0.05, 0) is 150 Å². The van der Waals surface area contributed by atoms with Gasteiger partial charge in [0.1, 0.15) is 22.6 Å². The van der Waals surface area contributed by atoms with Gasteiger partial charge in [0.05, 0.1) is 126 Å². The monoisotopic (exact) mass is 1560 g/mol. The van der Waals surface area contributed by atoms with Gasteiger partial charge in [-0.1, -0.05) is 19.3 Å². The summed E-state index contributed by atoms with van der Waals surface area (Å²) in [4.78, 5) is 71.3. The Morgan fingerprint density at radius 2 is 0.845 bits per heavy atom. The highest BCUT2D eigenvalue weighted by molar-refractivity contribution is 5.69. The van der Waals surface area contributed by atoms with Crippen molar-refractivity contribution < 1.29 is 82.1 Å². The molecule has 3 aromatic rings. The van der Waals surface area contributed by atoms with Crippen LogP contribution in [0.3, 0.4) is 0 Å². The van der Waals surface area contributed by atoms with E-state index >= 15 is 0 Å². The molecule has 3 aromatic heterocycles. The number of β-amino-alcohol motifs (C(OH)–C–C–N with tert-alkyl or cyclic N) is 4. The first-order chi connectivity index (χ1) is 52.4. The molecule has 2 amide bonds. The summed E-state index contributed by atoms with van der Waals surface area (Å²) < 4.78 is 54.5. The number of carbonyl (C=O) groups is 2. The molecule has 33 nitrogen and oxygen atoms in total. The number of rotatable bonds is 12. The van der Waals surface area contributed by atoms with Crippen molar-refractivity contribution in [3.8, 4) is 0 Å². The average molecular weight is 1560 g/mol. The lowest BCUT2D eigenvalue weighted by molar-refractivity contribution is -0.389. The minimum Gasteiger partial charge on any atom is -0.444 e. The smallest absolute Gasteiger partial charge is 0.410 e. The summed E-state index contributed by atoms with van der Waals surface area (Å²) in [5, 5.41) is 66.8. The highest BCUT2D eigenvalue weighted by Gasteiger charge is 2.49. The van der Waals surface area contributed by atoms with Gasteiger partial charge in [0.15, 0.2) is 18.2 Å². The molecule has 11 aliphatic rings. The number of nitrogens with zero attached hydrogens (tertiary/aromatic N) is 13. The number of anilines is 3. The van der Waals surface area contributed by atoms with E-state index < -0.39 is 49.3 Å². The number of likely N-dealkylation sites (tertiary alicyclic amines) is 2. The van der Waals surface area contributed by atoms with E-state index in [0.29, 0.717) is 78.1 Å². The molecule has 14 rings (SSSR count). The van der Waals surface area contributed by atoms with Gasteiger partial charge in [0, 0.05) is 143 Å². The lowest BCUT2D eigenvalue weighted by atomic mass is 9.84. The van der Waals surface area contributed by atoms with E-state index in [1.165, 1.54) is 31.5 Å². The van der Waals surface area contributed by atoms with Crippen LogP contribution in [0.5, 0.6) is 0 Å². The molecule has 1 spiro atoms. The molecule has 110 heavy (non-hydrogen) atoms. The number of hydrogen-bond acceptors (Lipinski definition) is 29. The molecule has 7 N–H and O–H groups in total. The number of halogens is 1. The predicted octanol–water partition coefficient (Wildman–Crippen LogP) is 5.60. The Balaban J connectivity index is 0.000000166. The molecule has 4 unspecified atom stereocenters. The maximum atomic E-state index is 12.2. The van der Waals surface area contributed by atoms with Crippen molar-refractivity contribution in [2.75, 3.05) is 232 Å². The Morgan fingerprint density at radius 3 is 1.20 bits per heavy atom. The summed E-state index contributed by atoms with van der Waals surface area (Å²) >= 11 is 0. The van der Waals surface area contributed by atoms with E-state index in [0.717, 1.165) is 238 Å². The zero-order chi connectivity index (χ0) is 79.3. The Labute approximate surface area is 647 Å². The Morgan fingerprint density at radius 1 is 0.482 bits per heavy atom. The molecule has 4 atom stereocenters. The maximum Gasteiger partial charge on any atom is 0.410 e. The van der Waals surface area contributed by atoms with Gasteiger partial charge in [-0.2, -0.15) is 0 Å². The van der Waals surface area contributed by atoms with E-state index in [9.17, 15) is 54.6 Å². The number of piperidine rings is 4. The molecular weight excluding hydrogens is 1430 g/mol. The summed E-state index contributed by atoms with van der Waals surface area (Å²) in [6.45, 7) is 37.3. The summed E-state index contributed by atoms with van der Waals surface area (Å²) in [6.07, 6.45) is 16.3. The van der Waals surface area contributed by atoms with E-state index in [4.69, 9.17) is 43.6 Å². The molecule has 620 valence electrons. The molecule has 13 heterocycles. The Hall–Kier alpha value is -6.48. The first kappa shape index (κ1) is 89.1. The number of nitrogen functional groups attached to an aromatic ring is 1. The van der Waals surface area contributed by atoms with Crippen molar-refractivity contribution in [3.05, 3.63) is 81.0 Å². The molecule has 1 saturated carbocycles. The fourth-order valence-corrected chi connectivity index (χ4v) is 14.9. The van der Waals surface area contributed by atoms with Crippen molar-refractivity contribution >= 4 is 41.0 Å². The highest BCUT2D eigenvalue weighted by atomic mass is 19.1. The maximum absolute atomic E-state index is 12.2. The van der Waals surface area contributed by atoms with Crippen LogP contribution < -0.4 is 20.9 Å². The van der Waals surface area contributed by atoms with Gasteiger partial charge in [-0.3, -0.25) is 19.6 Å². The van der Waals surface area contributed by atoms with Crippen molar-refractivity contribution in [2.45, 2.75) is 164 Å². The summed E-state index contributed by atoms with van der Waals surface area (Å²) in [7, 11) is 0. The molecule has 10 aliphatic heterocycles. The van der Waals surface area contributed by atoms with Crippen LogP contribution in [0, 0.1) is 26.0 Å². The number of ether oxygens (including phenoxy) is 8. The van der Waals surface area contributed by atoms with Gasteiger partial charge in [-0.15, -0.1) is 0 Å². The van der Waals surface area contributed by atoms with Crippen LogP contribution in [0.25, 0.3) is 0 Å². The van der Waals surface area contributed by atoms with Crippen molar-refractivity contribution in [1.29, 1.82) is 0 Å². The van der Waals surface area contributed by atoms with E-state index in [1.807, 2.05) is 53.7 Å². The topological polar surface area (TPSA) is 381 Å². The number of aromatic nitrogens is 3. The number of amides is 2. The number of nitrogens with one attached hydrogen (secondary N) is 1. The number of carbonyl (C=O) groups excluding carboxylic acids is 2. The van der Waals surface area contributed by atoms with Crippen LogP contribution >= 0.6 is 0 Å². The largest absolute Gasteiger partial charge is 0.444 e. The third kappa shape index (κ3) is 32.2. The van der Waals surface area contributed by atoms with Crippen molar-refractivity contribution in [3.63, 3.8) is 0 Å². The van der Waals surface area contributed by atoms with Crippen molar-refractivity contribution in [1.82, 2.24) is 49.7 Å². The quantitative estimate of drug-likeness (QED) is 0.0730. The van der Waals surface area contributed by atoms with Gasteiger partial charge in [0.2, 0.25) is 0 Å². The van der Waals surface area contributed by atoms with Crippen LogP contribution in [0.1, 0.15) is 125 Å². The summed E-state index contributed by atoms with van der Waals surface area (Å²) in [5.74, 6) is -0.555. The van der Waals surface area contributed by atoms with E-state index in [2.05, 4.69) is 49.7 Å². The van der Waals surface area contributed by atoms with Gasteiger partial charge < -0.3 is 109 Å². The summed E-state index contributed by atoms with van der Waals surface area (Å²) in [5.41, 5.74) is 3.89. The van der Waals surface area contributed by atoms with Crippen LogP contribution in [0.4, 0.5) is 42.8 Å². The minimum absolute atomic E-state index is 0.0187. The molecule has 10 saturated heterocycles. The lowest BCUT2D eigenvalue weighted by Crippen LogP contribution is -2.57. The van der Waals surface area contributed by atoms with E-state index in [1.54, 1.807) is 22.1 Å². The second-order valence-corrected chi connectivity index (χ2v) is 32.6. The number of pyridine rings is 3. The zero-order valence-corrected chi connectivity index (χ0v) is 66.0. The Kier molecular flexibility index (Phi) is 34.9. The van der Waals surface area contributed by atoms with E-state index in [-0.39, 0.29) is 29.4 Å². The number of epoxide rings is 1. The number of hydrogen-bond donors (Lipinski definition) is 6. The number of morpholine rings is 5. The predicted molar refractivity (Wildman–Crippen MR) is 412 cm³/mol. The first-order valence-corrected chi connectivity index (χ1v) is 39.4. The lowest BCUT2D eigenvalue weighted by Gasteiger charge is -2.43. The molecular formula is C76H126FN15O18. The third-order valence-electron chi connectivity index (χ3n) is 20.5. The molecule has 0 radical (unpaired) electrons. The normalized spacial score (nSPS) is 26.2. The second kappa shape index (κ2) is 43.1. The van der Waals surface area contributed by atoms with Gasteiger partial charge in [0.25, 0.3) is 0 Å². The minimum atomic E-state index is -0.841. The SMILES string of the molecule is C1COCCN1.CC(C)(C)OC(=O)N1CCCC(O)(CN2CCOCC2)C1.CC(C)(C)OC(=O)N1CCCC2(CO2)C1.Nc1ccc(N2CCCC(O)(CN3CCOCC3)C2)cn1.O=[N+]([O-])c1ccc(F)cn1.O=[N+]([O-])c1ccc(N2CCCC(O)(CN3CCOCC3)C2)cn1.OC1(CN2CCOCC2)CCCCC1. The van der Waals surface area contributed by atoms with Crippen LogP contribution in [0.2, 0.25) is 0 Å². The number of aliphatic hydroxyl groups is 4.